The van der Waals surface area contributed by atoms with Crippen molar-refractivity contribution in [3.8, 4) is 0 Å². The molecule has 0 fully saturated rings. The van der Waals surface area contributed by atoms with Crippen LogP contribution >= 0.6 is 0 Å². The van der Waals surface area contributed by atoms with Crippen LogP contribution in [0.5, 0.6) is 0 Å². The summed E-state index contributed by atoms with van der Waals surface area (Å²) in [4.78, 5) is 23.9. The lowest BCUT2D eigenvalue weighted by molar-refractivity contribution is -0.208. The standard InChI is InChI=1S/C16H18F6N2O3/c1-3-7-12(25)24-14(16(20,21)22,13(26)27-4-2)23-11-9-6-5-8-10(11)15(17,18)19/h5-6,8-9,23H,3-4,7H2,1-2H3,(H,24,25). The van der Waals surface area contributed by atoms with Gasteiger partial charge in [0.2, 0.25) is 5.91 Å². The Morgan fingerprint density at radius 2 is 1.63 bits per heavy atom. The Hall–Kier alpha value is -2.46. The first kappa shape index (κ1) is 22.6. The monoisotopic (exact) mass is 400 g/mol. The van der Waals surface area contributed by atoms with Crippen molar-refractivity contribution in [2.75, 3.05) is 11.9 Å². The molecule has 1 unspecified atom stereocenters. The summed E-state index contributed by atoms with van der Waals surface area (Å²) in [5, 5.41) is 3.00. The molecule has 1 aromatic carbocycles. The smallest absolute Gasteiger partial charge is 0.441 e. The number of anilines is 1. The molecule has 0 aliphatic carbocycles. The Morgan fingerprint density at radius 3 is 2.11 bits per heavy atom. The lowest BCUT2D eigenvalue weighted by Crippen LogP contribution is -2.69. The third-order valence-electron chi connectivity index (χ3n) is 3.37. The maximum atomic E-state index is 13.8. The van der Waals surface area contributed by atoms with Gasteiger partial charge in [-0.2, -0.15) is 26.3 Å². The van der Waals surface area contributed by atoms with Gasteiger partial charge in [-0.25, -0.2) is 4.79 Å². The molecule has 0 aromatic heterocycles. The van der Waals surface area contributed by atoms with Crippen LogP contribution < -0.4 is 10.6 Å². The van der Waals surface area contributed by atoms with Crippen molar-refractivity contribution < 1.29 is 40.7 Å². The molecule has 0 aliphatic heterocycles. The average molecular weight is 400 g/mol. The number of carbonyl (C=O) groups excluding carboxylic acids is 2. The van der Waals surface area contributed by atoms with Crippen LogP contribution in [0.3, 0.4) is 0 Å². The molecule has 0 aliphatic rings. The van der Waals surface area contributed by atoms with E-state index >= 15 is 0 Å². The second-order valence-electron chi connectivity index (χ2n) is 5.43. The Labute approximate surface area is 151 Å². The van der Waals surface area contributed by atoms with Gasteiger partial charge in [-0.15, -0.1) is 0 Å². The van der Waals surface area contributed by atoms with E-state index in [0.29, 0.717) is 12.1 Å². The highest BCUT2D eigenvalue weighted by molar-refractivity contribution is 5.91. The normalized spacial score (nSPS) is 14.2. The van der Waals surface area contributed by atoms with Crippen molar-refractivity contribution in [1.82, 2.24) is 5.32 Å². The topological polar surface area (TPSA) is 67.4 Å². The summed E-state index contributed by atoms with van der Waals surface area (Å²) in [7, 11) is 0. The van der Waals surface area contributed by atoms with Gasteiger partial charge >= 0.3 is 24.0 Å². The van der Waals surface area contributed by atoms with Gasteiger partial charge in [0.15, 0.2) is 0 Å². The van der Waals surface area contributed by atoms with Gasteiger partial charge in [0, 0.05) is 12.1 Å². The lowest BCUT2D eigenvalue weighted by atomic mass is 10.1. The number of amides is 1. The quantitative estimate of drug-likeness (QED) is 0.415. The van der Waals surface area contributed by atoms with Crippen LogP contribution in [0.15, 0.2) is 24.3 Å². The summed E-state index contributed by atoms with van der Waals surface area (Å²) < 4.78 is 85.2. The predicted octanol–water partition coefficient (Wildman–Crippen LogP) is 3.86. The number of hydrogen-bond donors (Lipinski definition) is 2. The molecule has 1 rings (SSSR count). The minimum absolute atomic E-state index is 0.154. The molecule has 0 heterocycles. The van der Waals surface area contributed by atoms with E-state index < -0.39 is 47.7 Å². The first-order chi connectivity index (χ1) is 12.4. The molecule has 27 heavy (non-hydrogen) atoms. The fourth-order valence-corrected chi connectivity index (χ4v) is 2.17. The Balaban J connectivity index is 3.54. The molecule has 0 spiro atoms. The highest BCUT2D eigenvalue weighted by Gasteiger charge is 2.64. The van der Waals surface area contributed by atoms with Gasteiger partial charge < -0.3 is 15.4 Å². The van der Waals surface area contributed by atoms with Crippen LogP contribution in [0.2, 0.25) is 0 Å². The first-order valence-corrected chi connectivity index (χ1v) is 7.88. The largest absolute Gasteiger partial charge is 0.463 e. The summed E-state index contributed by atoms with van der Waals surface area (Å²) >= 11 is 0. The van der Waals surface area contributed by atoms with Gasteiger partial charge in [-0.05, 0) is 25.5 Å². The Morgan fingerprint density at radius 1 is 1.04 bits per heavy atom. The van der Waals surface area contributed by atoms with Crippen LogP contribution in [0.25, 0.3) is 0 Å². The number of ether oxygens (including phenoxy) is 1. The Kier molecular flexibility index (Phi) is 7.10. The summed E-state index contributed by atoms with van der Waals surface area (Å²) in [6, 6.07) is 3.29. The summed E-state index contributed by atoms with van der Waals surface area (Å²) in [6.45, 7) is 2.24. The molecular weight excluding hydrogens is 382 g/mol. The zero-order valence-electron chi connectivity index (χ0n) is 14.4. The molecule has 1 amide bonds. The minimum Gasteiger partial charge on any atom is -0.463 e. The van der Waals surface area contributed by atoms with E-state index in [1.807, 2.05) is 0 Å². The number of carbonyl (C=O) groups is 2. The molecular formula is C16H18F6N2O3. The average Bonchev–Trinajstić information content (AvgIpc) is 2.53. The van der Waals surface area contributed by atoms with Crippen molar-refractivity contribution >= 4 is 17.6 Å². The van der Waals surface area contributed by atoms with Crippen molar-refractivity contribution in [3.05, 3.63) is 29.8 Å². The second kappa shape index (κ2) is 8.49. The Bertz CT molecular complexity index is 675. The van der Waals surface area contributed by atoms with Crippen LogP contribution in [0.4, 0.5) is 32.0 Å². The molecule has 5 nitrogen and oxygen atoms in total. The van der Waals surface area contributed by atoms with Crippen molar-refractivity contribution in [2.24, 2.45) is 0 Å². The molecule has 0 radical (unpaired) electrons. The summed E-state index contributed by atoms with van der Waals surface area (Å²) in [5.41, 5.74) is -6.35. The number of alkyl halides is 6. The predicted molar refractivity (Wildman–Crippen MR) is 83.5 cm³/mol. The van der Waals surface area contributed by atoms with Gasteiger partial charge in [0.1, 0.15) is 0 Å². The number of hydrogen-bond acceptors (Lipinski definition) is 4. The van der Waals surface area contributed by atoms with E-state index in [9.17, 15) is 35.9 Å². The molecule has 11 heteroatoms. The fraction of sp³-hybridized carbons (Fsp3) is 0.500. The number of para-hydroxylation sites is 1. The van der Waals surface area contributed by atoms with Gasteiger partial charge in [-0.3, -0.25) is 4.79 Å². The number of halogens is 6. The van der Waals surface area contributed by atoms with E-state index in [2.05, 4.69) is 4.74 Å². The van der Waals surface area contributed by atoms with Crippen LogP contribution in [0.1, 0.15) is 32.3 Å². The van der Waals surface area contributed by atoms with E-state index in [4.69, 9.17) is 0 Å². The third-order valence-corrected chi connectivity index (χ3v) is 3.37. The van der Waals surface area contributed by atoms with E-state index in [-0.39, 0.29) is 12.8 Å². The molecule has 0 saturated heterocycles. The molecule has 0 saturated carbocycles. The number of esters is 1. The highest BCUT2D eigenvalue weighted by Crippen LogP contribution is 2.39. The van der Waals surface area contributed by atoms with Crippen LogP contribution in [-0.4, -0.2) is 30.3 Å². The zero-order valence-corrected chi connectivity index (χ0v) is 14.4. The number of rotatable bonds is 7. The van der Waals surface area contributed by atoms with Gasteiger partial charge in [0.25, 0.3) is 0 Å². The minimum atomic E-state index is -5.50. The van der Waals surface area contributed by atoms with Crippen molar-refractivity contribution in [1.29, 1.82) is 0 Å². The number of nitrogens with one attached hydrogen (secondary N) is 2. The summed E-state index contributed by atoms with van der Waals surface area (Å²) in [6.07, 6.45) is -10.7. The van der Waals surface area contributed by atoms with Gasteiger partial charge in [0.05, 0.1) is 12.2 Å². The second-order valence-corrected chi connectivity index (χ2v) is 5.43. The SMILES string of the molecule is CCCC(=O)NC(Nc1ccccc1C(F)(F)F)(C(=O)OCC)C(F)(F)F. The summed E-state index contributed by atoms with van der Waals surface area (Å²) in [5.74, 6) is -3.15. The van der Waals surface area contributed by atoms with Crippen LogP contribution in [0, 0.1) is 0 Å². The first-order valence-electron chi connectivity index (χ1n) is 7.88. The van der Waals surface area contributed by atoms with Crippen LogP contribution in [-0.2, 0) is 20.5 Å². The molecule has 0 bridgehead atoms. The zero-order chi connectivity index (χ0) is 20.9. The molecule has 2 N–H and O–H groups in total. The molecule has 1 aromatic rings. The maximum Gasteiger partial charge on any atom is 0.441 e. The fourth-order valence-electron chi connectivity index (χ4n) is 2.17. The van der Waals surface area contributed by atoms with E-state index in [1.54, 1.807) is 0 Å². The van der Waals surface area contributed by atoms with Crippen molar-refractivity contribution in [2.45, 2.75) is 44.7 Å². The number of benzene rings is 1. The van der Waals surface area contributed by atoms with E-state index in [0.717, 1.165) is 12.1 Å². The maximum absolute atomic E-state index is 13.8. The molecule has 152 valence electrons. The van der Waals surface area contributed by atoms with Gasteiger partial charge in [-0.1, -0.05) is 19.1 Å². The van der Waals surface area contributed by atoms with Crippen molar-refractivity contribution in [3.63, 3.8) is 0 Å². The lowest BCUT2D eigenvalue weighted by Gasteiger charge is -2.36. The molecule has 1 atom stereocenters. The highest BCUT2D eigenvalue weighted by atomic mass is 19.4. The third kappa shape index (κ3) is 5.27. The van der Waals surface area contributed by atoms with E-state index in [1.165, 1.54) is 24.5 Å².